The largest absolute Gasteiger partial charge is 0.369 e. The lowest BCUT2D eigenvalue weighted by molar-refractivity contribution is 0.108. The highest BCUT2D eigenvalue weighted by atomic mass is 79.9. The molecule has 0 atom stereocenters. The SMILES string of the molecule is CN(C)C=Nc1ccc(Br)cc1C(=O)Cl. The predicted molar refractivity (Wildman–Crippen MR) is 66.2 cm³/mol. The minimum absolute atomic E-state index is 0.393. The zero-order chi connectivity index (χ0) is 11.4. The molecule has 3 nitrogen and oxygen atoms in total. The van der Waals surface area contributed by atoms with Crippen LogP contribution in [0, 0.1) is 0 Å². The van der Waals surface area contributed by atoms with Crippen LogP contribution < -0.4 is 0 Å². The number of nitrogens with zero attached hydrogens (tertiary/aromatic N) is 2. The van der Waals surface area contributed by atoms with E-state index in [2.05, 4.69) is 20.9 Å². The molecule has 0 amide bonds. The van der Waals surface area contributed by atoms with Gasteiger partial charge in [-0.25, -0.2) is 4.99 Å². The summed E-state index contributed by atoms with van der Waals surface area (Å²) in [7, 11) is 3.70. The van der Waals surface area contributed by atoms with E-state index < -0.39 is 5.24 Å². The molecule has 80 valence electrons. The highest BCUT2D eigenvalue weighted by Gasteiger charge is 2.08. The Hall–Kier alpha value is -0.870. The van der Waals surface area contributed by atoms with Gasteiger partial charge in [-0.1, -0.05) is 15.9 Å². The summed E-state index contributed by atoms with van der Waals surface area (Å²) in [4.78, 5) is 17.0. The highest BCUT2D eigenvalue weighted by Crippen LogP contribution is 2.24. The zero-order valence-electron chi connectivity index (χ0n) is 8.37. The van der Waals surface area contributed by atoms with Crippen molar-refractivity contribution in [1.29, 1.82) is 0 Å². The van der Waals surface area contributed by atoms with Crippen molar-refractivity contribution in [2.45, 2.75) is 0 Å². The third-order valence-corrected chi connectivity index (χ3v) is 2.29. The number of aliphatic imine (C=N–C) groups is 1. The third kappa shape index (κ3) is 3.64. The molecular weight excluding hydrogens is 279 g/mol. The van der Waals surface area contributed by atoms with Gasteiger partial charge < -0.3 is 4.90 Å². The molecule has 0 aromatic heterocycles. The quantitative estimate of drug-likeness (QED) is 0.487. The number of hydrogen-bond acceptors (Lipinski definition) is 2. The lowest BCUT2D eigenvalue weighted by atomic mass is 10.2. The van der Waals surface area contributed by atoms with E-state index in [0.717, 1.165) is 4.47 Å². The Bertz CT molecular complexity index is 404. The molecule has 0 fully saturated rings. The van der Waals surface area contributed by atoms with Crippen molar-refractivity contribution < 1.29 is 4.79 Å². The molecule has 0 spiro atoms. The second kappa shape index (κ2) is 5.28. The molecule has 15 heavy (non-hydrogen) atoms. The molecule has 0 N–H and O–H groups in total. The fourth-order valence-corrected chi connectivity index (χ4v) is 1.47. The van der Waals surface area contributed by atoms with Gasteiger partial charge in [0.25, 0.3) is 5.24 Å². The van der Waals surface area contributed by atoms with Crippen LogP contribution in [-0.2, 0) is 0 Å². The molecule has 0 radical (unpaired) electrons. The van der Waals surface area contributed by atoms with Crippen molar-refractivity contribution in [1.82, 2.24) is 4.90 Å². The molecule has 0 aliphatic heterocycles. The summed E-state index contributed by atoms with van der Waals surface area (Å²) in [6, 6.07) is 5.20. The fraction of sp³-hybridized carbons (Fsp3) is 0.200. The summed E-state index contributed by atoms with van der Waals surface area (Å²) in [6.45, 7) is 0. The number of hydrogen-bond donors (Lipinski definition) is 0. The van der Waals surface area contributed by atoms with Gasteiger partial charge >= 0.3 is 0 Å². The summed E-state index contributed by atoms with van der Waals surface area (Å²) in [5.41, 5.74) is 0.955. The van der Waals surface area contributed by atoms with Crippen molar-refractivity contribution >= 4 is 44.8 Å². The Labute approximate surface area is 102 Å². The molecule has 1 rings (SSSR count). The monoisotopic (exact) mass is 288 g/mol. The predicted octanol–water partition coefficient (Wildman–Crippen LogP) is 3.05. The summed E-state index contributed by atoms with van der Waals surface area (Å²) < 4.78 is 0.801. The Balaban J connectivity index is 3.12. The van der Waals surface area contributed by atoms with Gasteiger partial charge in [0, 0.05) is 18.6 Å². The van der Waals surface area contributed by atoms with E-state index in [1.807, 2.05) is 20.2 Å². The lowest BCUT2D eigenvalue weighted by Crippen LogP contribution is -2.07. The lowest BCUT2D eigenvalue weighted by Gasteiger charge is -2.04. The first-order valence-corrected chi connectivity index (χ1v) is 5.38. The number of benzene rings is 1. The van der Waals surface area contributed by atoms with E-state index in [1.54, 1.807) is 23.4 Å². The van der Waals surface area contributed by atoms with E-state index in [0.29, 0.717) is 11.3 Å². The van der Waals surface area contributed by atoms with Crippen LogP contribution in [0.4, 0.5) is 5.69 Å². The van der Waals surface area contributed by atoms with Crippen LogP contribution in [0.25, 0.3) is 0 Å². The molecule has 0 unspecified atom stereocenters. The maximum Gasteiger partial charge on any atom is 0.254 e. The maximum atomic E-state index is 11.1. The van der Waals surface area contributed by atoms with E-state index >= 15 is 0 Å². The average molecular weight is 290 g/mol. The second-order valence-corrected chi connectivity index (χ2v) is 4.40. The number of carbonyl (C=O) groups excluding carboxylic acids is 1. The van der Waals surface area contributed by atoms with Crippen LogP contribution in [0.1, 0.15) is 10.4 Å². The first-order valence-electron chi connectivity index (χ1n) is 4.20. The van der Waals surface area contributed by atoms with E-state index in [9.17, 15) is 4.79 Å². The van der Waals surface area contributed by atoms with Crippen molar-refractivity contribution in [2.75, 3.05) is 14.1 Å². The first kappa shape index (κ1) is 12.2. The Morgan fingerprint density at radius 1 is 1.53 bits per heavy atom. The molecule has 0 saturated carbocycles. The third-order valence-electron chi connectivity index (χ3n) is 1.60. The Morgan fingerprint density at radius 3 is 2.73 bits per heavy atom. The van der Waals surface area contributed by atoms with Crippen molar-refractivity contribution in [2.24, 2.45) is 4.99 Å². The van der Waals surface area contributed by atoms with Crippen LogP contribution >= 0.6 is 27.5 Å². The average Bonchev–Trinajstić information content (AvgIpc) is 2.15. The van der Waals surface area contributed by atoms with Gasteiger partial charge in [-0.15, -0.1) is 0 Å². The summed E-state index contributed by atoms with van der Waals surface area (Å²) in [5, 5.41) is -0.512. The number of rotatable bonds is 3. The molecule has 5 heteroatoms. The standard InChI is InChI=1S/C10H10BrClN2O/c1-14(2)6-13-9-4-3-7(11)5-8(9)10(12)15/h3-6H,1-2H3. The summed E-state index contributed by atoms with van der Waals surface area (Å²) >= 11 is 8.72. The van der Waals surface area contributed by atoms with Gasteiger partial charge in [0.1, 0.15) is 0 Å². The molecular formula is C10H10BrClN2O. The van der Waals surface area contributed by atoms with Gasteiger partial charge in [0.05, 0.1) is 17.6 Å². The van der Waals surface area contributed by atoms with Crippen molar-refractivity contribution in [3.8, 4) is 0 Å². The Kier molecular flexibility index (Phi) is 4.29. The van der Waals surface area contributed by atoms with E-state index in [4.69, 9.17) is 11.6 Å². The summed E-state index contributed by atoms with van der Waals surface area (Å²) in [6.07, 6.45) is 1.62. The zero-order valence-corrected chi connectivity index (χ0v) is 10.7. The highest BCUT2D eigenvalue weighted by molar-refractivity contribution is 9.10. The molecule has 1 aromatic carbocycles. The minimum Gasteiger partial charge on any atom is -0.369 e. The topological polar surface area (TPSA) is 32.7 Å². The number of carbonyl (C=O) groups is 1. The van der Waals surface area contributed by atoms with Crippen LogP contribution in [0.2, 0.25) is 0 Å². The van der Waals surface area contributed by atoms with Crippen LogP contribution in [0.15, 0.2) is 27.7 Å². The summed E-state index contributed by atoms with van der Waals surface area (Å²) in [5.74, 6) is 0. The van der Waals surface area contributed by atoms with Gasteiger partial charge in [-0.2, -0.15) is 0 Å². The molecule has 0 bridgehead atoms. The van der Waals surface area contributed by atoms with Crippen molar-refractivity contribution in [3.63, 3.8) is 0 Å². The first-order chi connectivity index (χ1) is 7.00. The van der Waals surface area contributed by atoms with Gasteiger partial charge in [0.2, 0.25) is 0 Å². The molecule has 0 aliphatic carbocycles. The maximum absolute atomic E-state index is 11.1. The molecule has 0 aliphatic rings. The molecule has 0 heterocycles. The van der Waals surface area contributed by atoms with Crippen LogP contribution in [0.3, 0.4) is 0 Å². The van der Waals surface area contributed by atoms with Crippen LogP contribution in [-0.4, -0.2) is 30.6 Å². The molecule has 1 aromatic rings. The minimum atomic E-state index is -0.512. The second-order valence-electron chi connectivity index (χ2n) is 3.14. The number of halogens is 2. The van der Waals surface area contributed by atoms with Crippen LogP contribution in [0.5, 0.6) is 0 Å². The Morgan fingerprint density at radius 2 is 2.20 bits per heavy atom. The van der Waals surface area contributed by atoms with Crippen molar-refractivity contribution in [3.05, 3.63) is 28.2 Å². The van der Waals surface area contributed by atoms with Gasteiger partial charge in [-0.3, -0.25) is 4.79 Å². The smallest absolute Gasteiger partial charge is 0.254 e. The fourth-order valence-electron chi connectivity index (χ4n) is 0.956. The normalized spacial score (nSPS) is 10.7. The van der Waals surface area contributed by atoms with Gasteiger partial charge in [0.15, 0.2) is 0 Å². The molecule has 0 saturated heterocycles. The van der Waals surface area contributed by atoms with E-state index in [1.165, 1.54) is 0 Å². The van der Waals surface area contributed by atoms with E-state index in [-0.39, 0.29) is 0 Å². The van der Waals surface area contributed by atoms with Gasteiger partial charge in [-0.05, 0) is 29.8 Å².